The number of esters is 4. The molecular weight excluding hydrogens is 478 g/mol. The summed E-state index contributed by atoms with van der Waals surface area (Å²) in [6, 6.07) is 7.02. The van der Waals surface area contributed by atoms with E-state index in [-0.39, 0.29) is 22.0 Å². The van der Waals surface area contributed by atoms with Crippen LogP contribution in [0, 0.1) is 0 Å². The smallest absolute Gasteiger partial charge is 0.341 e. The molecule has 198 valence electrons. The Morgan fingerprint density at radius 1 is 0.568 bits per heavy atom. The average Bonchev–Trinajstić information content (AvgIpc) is 3.14. The summed E-state index contributed by atoms with van der Waals surface area (Å²) >= 11 is 0. The third-order valence-electron chi connectivity index (χ3n) is 5.14. The highest BCUT2D eigenvalue weighted by Crippen LogP contribution is 2.38. The van der Waals surface area contributed by atoms with Gasteiger partial charge < -0.3 is 23.9 Å². The Bertz CT molecular complexity index is 1360. The van der Waals surface area contributed by atoms with Gasteiger partial charge in [0.1, 0.15) is 0 Å². The molecule has 9 heteroatoms. The first-order valence-electron chi connectivity index (χ1n) is 12.3. The van der Waals surface area contributed by atoms with Crippen LogP contribution in [0.2, 0.25) is 0 Å². The molecule has 9 nitrogen and oxygen atoms in total. The molecule has 0 amide bonds. The first-order valence-corrected chi connectivity index (χ1v) is 12.3. The van der Waals surface area contributed by atoms with Crippen LogP contribution in [0.15, 0.2) is 24.3 Å². The van der Waals surface area contributed by atoms with Crippen molar-refractivity contribution in [3.05, 3.63) is 46.5 Å². The molecule has 0 aliphatic carbocycles. The summed E-state index contributed by atoms with van der Waals surface area (Å²) < 4.78 is 21.9. The zero-order valence-corrected chi connectivity index (χ0v) is 22.4. The van der Waals surface area contributed by atoms with Crippen LogP contribution in [-0.2, 0) is 18.9 Å². The van der Waals surface area contributed by atoms with Gasteiger partial charge in [0.05, 0.1) is 52.2 Å². The lowest BCUT2D eigenvalue weighted by molar-refractivity contribution is 0.0294. The molecule has 3 rings (SSSR count). The Kier molecular flexibility index (Phi) is 8.25. The van der Waals surface area contributed by atoms with Crippen molar-refractivity contribution in [2.24, 2.45) is 0 Å². The van der Waals surface area contributed by atoms with E-state index in [0.717, 1.165) is 0 Å². The van der Waals surface area contributed by atoms with Crippen LogP contribution < -0.4 is 0 Å². The van der Waals surface area contributed by atoms with Crippen LogP contribution in [0.4, 0.5) is 0 Å². The lowest BCUT2D eigenvalue weighted by Crippen LogP contribution is -2.27. The molecule has 0 atom stereocenters. The molecule has 3 aromatic rings. The maximum Gasteiger partial charge on any atom is 0.341 e. The fourth-order valence-corrected chi connectivity index (χ4v) is 4.00. The fourth-order valence-electron chi connectivity index (χ4n) is 4.00. The number of hydrogen-bond donors (Lipinski definition) is 1. The number of ether oxygens (including phenoxy) is 4. The highest BCUT2D eigenvalue weighted by atomic mass is 16.6. The summed E-state index contributed by atoms with van der Waals surface area (Å²) in [5.74, 6) is -3.64. The van der Waals surface area contributed by atoms with Crippen LogP contribution in [0.1, 0.15) is 96.8 Å². The van der Waals surface area contributed by atoms with E-state index in [0.29, 0.717) is 10.9 Å². The minimum absolute atomic E-state index is 0.152. The molecule has 1 heterocycles. The normalized spacial score (nSPS) is 11.6. The lowest BCUT2D eigenvalue weighted by atomic mass is 9.90. The second kappa shape index (κ2) is 11.0. The van der Waals surface area contributed by atoms with Crippen LogP contribution in [0.5, 0.6) is 0 Å². The zero-order valence-electron chi connectivity index (χ0n) is 22.4. The fraction of sp³-hybridized carbons (Fsp3) is 0.429. The van der Waals surface area contributed by atoms with Crippen molar-refractivity contribution in [2.45, 2.75) is 79.8 Å². The van der Waals surface area contributed by atoms with Crippen LogP contribution in [0.25, 0.3) is 21.8 Å². The molecule has 1 aromatic heterocycles. The lowest BCUT2D eigenvalue weighted by Gasteiger charge is -2.21. The van der Waals surface area contributed by atoms with Gasteiger partial charge in [0.25, 0.3) is 0 Å². The number of para-hydroxylation sites is 1. The highest BCUT2D eigenvalue weighted by molar-refractivity contribution is 6.28. The van der Waals surface area contributed by atoms with Gasteiger partial charge in [0.15, 0.2) is 0 Å². The minimum atomic E-state index is -0.972. The Balaban J connectivity index is 2.63. The largest absolute Gasteiger partial charge is 0.459 e. The van der Waals surface area contributed by atoms with Gasteiger partial charge in [0, 0.05) is 16.3 Å². The van der Waals surface area contributed by atoms with Crippen molar-refractivity contribution >= 4 is 45.7 Å². The molecule has 0 spiro atoms. The Morgan fingerprint density at radius 3 is 1.41 bits per heavy atom. The first-order chi connectivity index (χ1) is 17.3. The van der Waals surface area contributed by atoms with E-state index < -0.39 is 59.4 Å². The van der Waals surface area contributed by atoms with Crippen LogP contribution in [-0.4, -0.2) is 53.3 Å². The van der Waals surface area contributed by atoms with Crippen molar-refractivity contribution in [2.75, 3.05) is 0 Å². The van der Waals surface area contributed by atoms with Crippen molar-refractivity contribution in [3.63, 3.8) is 0 Å². The molecule has 0 fully saturated rings. The van der Waals surface area contributed by atoms with Crippen molar-refractivity contribution in [1.82, 2.24) is 4.98 Å². The van der Waals surface area contributed by atoms with E-state index in [9.17, 15) is 19.2 Å². The molecular formula is C28H33NO8. The molecule has 2 aromatic carbocycles. The summed E-state index contributed by atoms with van der Waals surface area (Å²) in [5.41, 5.74) is -0.504. The number of rotatable bonds is 8. The second-order valence-corrected chi connectivity index (χ2v) is 9.74. The molecule has 37 heavy (non-hydrogen) atoms. The predicted octanol–water partition coefficient (Wildman–Crippen LogP) is 5.58. The number of H-pyrrole nitrogens is 1. The average molecular weight is 512 g/mol. The summed E-state index contributed by atoms with van der Waals surface area (Å²) in [6.07, 6.45) is -2.23. The second-order valence-electron chi connectivity index (χ2n) is 9.74. The third kappa shape index (κ3) is 5.76. The quantitative estimate of drug-likeness (QED) is 0.307. The van der Waals surface area contributed by atoms with Gasteiger partial charge in [-0.1, -0.05) is 18.2 Å². The summed E-state index contributed by atoms with van der Waals surface area (Å²) in [4.78, 5) is 57.3. The van der Waals surface area contributed by atoms with E-state index in [1.54, 1.807) is 79.7 Å². The Hall–Kier alpha value is -3.88. The van der Waals surface area contributed by atoms with E-state index in [4.69, 9.17) is 18.9 Å². The Morgan fingerprint density at radius 2 is 0.946 bits per heavy atom. The molecule has 0 aliphatic rings. The zero-order chi connectivity index (χ0) is 27.6. The van der Waals surface area contributed by atoms with Gasteiger partial charge in [0.2, 0.25) is 0 Å². The molecule has 0 aliphatic heterocycles. The minimum Gasteiger partial charge on any atom is -0.459 e. The Labute approximate surface area is 215 Å². The molecule has 1 N–H and O–H groups in total. The van der Waals surface area contributed by atoms with E-state index >= 15 is 0 Å². The van der Waals surface area contributed by atoms with Crippen LogP contribution in [0.3, 0.4) is 0 Å². The summed E-state index contributed by atoms with van der Waals surface area (Å²) in [5, 5.41) is 0.794. The van der Waals surface area contributed by atoms with E-state index in [2.05, 4.69) is 4.98 Å². The maximum absolute atomic E-state index is 13.6. The monoisotopic (exact) mass is 511 g/mol. The van der Waals surface area contributed by atoms with Crippen LogP contribution >= 0.6 is 0 Å². The number of nitrogens with one attached hydrogen (secondary N) is 1. The third-order valence-corrected chi connectivity index (χ3v) is 5.14. The predicted molar refractivity (Wildman–Crippen MR) is 138 cm³/mol. The van der Waals surface area contributed by atoms with E-state index in [1.165, 1.54) is 0 Å². The van der Waals surface area contributed by atoms with Crippen molar-refractivity contribution < 1.29 is 38.1 Å². The van der Waals surface area contributed by atoms with Gasteiger partial charge >= 0.3 is 23.9 Å². The van der Waals surface area contributed by atoms with Gasteiger partial charge in [-0.3, -0.25) is 0 Å². The molecule has 0 bridgehead atoms. The molecule has 0 saturated carbocycles. The SMILES string of the molecule is CC(C)OC(=O)c1c(C(=O)OC(C)C)c(C(=O)OC(C)C)c2c([nH]c3ccccc32)c1C(=O)OC(C)C. The number of carbonyl (C=O) groups excluding carboxylic acids is 4. The number of aromatic nitrogens is 1. The number of aromatic amines is 1. The van der Waals surface area contributed by atoms with Gasteiger partial charge in [-0.15, -0.1) is 0 Å². The maximum atomic E-state index is 13.6. The topological polar surface area (TPSA) is 121 Å². The summed E-state index contributed by atoms with van der Waals surface area (Å²) in [6.45, 7) is 13.2. The summed E-state index contributed by atoms with van der Waals surface area (Å²) in [7, 11) is 0. The first kappa shape index (κ1) is 27.7. The van der Waals surface area contributed by atoms with Gasteiger partial charge in [-0.05, 0) is 61.5 Å². The number of fused-ring (bicyclic) bond motifs is 3. The van der Waals surface area contributed by atoms with Crippen molar-refractivity contribution in [1.29, 1.82) is 0 Å². The molecule has 0 saturated heterocycles. The number of benzene rings is 2. The molecule has 0 unspecified atom stereocenters. The van der Waals surface area contributed by atoms with Gasteiger partial charge in [-0.25, -0.2) is 19.2 Å². The van der Waals surface area contributed by atoms with E-state index in [1.807, 2.05) is 0 Å². The van der Waals surface area contributed by atoms with Gasteiger partial charge in [-0.2, -0.15) is 0 Å². The number of carbonyl (C=O) groups is 4. The molecule has 0 radical (unpaired) electrons. The highest BCUT2D eigenvalue weighted by Gasteiger charge is 2.38. The number of hydrogen-bond acceptors (Lipinski definition) is 8. The standard InChI is InChI=1S/C28H33NO8/c1-13(2)34-25(30)20-19-17-11-9-10-12-18(17)29-24(19)23(28(33)37-16(7)8)22(27(32)36-15(5)6)21(20)26(31)35-14(3)4/h9-16,29H,1-8H3. The van der Waals surface area contributed by atoms with Crippen molar-refractivity contribution in [3.8, 4) is 0 Å².